The highest BCUT2D eigenvalue weighted by Crippen LogP contribution is 2.33. The molecule has 1 fully saturated rings. The van der Waals surface area contributed by atoms with Crippen molar-refractivity contribution in [2.45, 2.75) is 45.6 Å². The highest BCUT2D eigenvalue weighted by molar-refractivity contribution is 5.26. The Kier molecular flexibility index (Phi) is 3.94. The van der Waals surface area contributed by atoms with E-state index in [1.54, 1.807) is 0 Å². The van der Waals surface area contributed by atoms with E-state index in [2.05, 4.69) is 29.8 Å². The molecule has 0 bridgehead atoms. The summed E-state index contributed by atoms with van der Waals surface area (Å²) in [7, 11) is 0. The minimum Gasteiger partial charge on any atom is -0.296 e. The number of nitrogens with zero attached hydrogens (tertiary/aromatic N) is 2. The standard InChI is InChI=1S/C14H22N2/c1-3-4-9-16-10-5-6-14(16)13-7-8-15-11-12(13)2/h7-8,11,14H,3-6,9-10H2,1-2H3/t14-/m1/s1. The zero-order valence-electron chi connectivity index (χ0n) is 10.4. The molecule has 2 nitrogen and oxygen atoms in total. The second-order valence-corrected chi connectivity index (χ2v) is 4.78. The van der Waals surface area contributed by atoms with Gasteiger partial charge in [0.25, 0.3) is 0 Å². The SMILES string of the molecule is CCCCN1CCC[C@@H]1c1ccncc1C. The van der Waals surface area contributed by atoms with Gasteiger partial charge >= 0.3 is 0 Å². The Morgan fingerprint density at radius 1 is 1.50 bits per heavy atom. The number of unbranched alkanes of at least 4 members (excludes halogenated alkanes) is 1. The van der Waals surface area contributed by atoms with Crippen LogP contribution in [-0.4, -0.2) is 23.0 Å². The molecule has 0 aliphatic carbocycles. The van der Waals surface area contributed by atoms with E-state index in [4.69, 9.17) is 0 Å². The summed E-state index contributed by atoms with van der Waals surface area (Å²) < 4.78 is 0. The molecular formula is C14H22N2. The second kappa shape index (κ2) is 5.44. The highest BCUT2D eigenvalue weighted by atomic mass is 15.2. The number of rotatable bonds is 4. The Hall–Kier alpha value is -0.890. The molecule has 1 aromatic rings. The van der Waals surface area contributed by atoms with Gasteiger partial charge in [0.15, 0.2) is 0 Å². The molecule has 1 aliphatic rings. The molecule has 0 N–H and O–H groups in total. The molecular weight excluding hydrogens is 196 g/mol. The maximum absolute atomic E-state index is 4.18. The quantitative estimate of drug-likeness (QED) is 0.770. The van der Waals surface area contributed by atoms with Gasteiger partial charge in [0, 0.05) is 18.4 Å². The molecule has 0 spiro atoms. The van der Waals surface area contributed by atoms with Gasteiger partial charge in [0.1, 0.15) is 0 Å². The molecule has 0 saturated carbocycles. The van der Waals surface area contributed by atoms with Gasteiger partial charge in [-0.3, -0.25) is 9.88 Å². The third-order valence-corrected chi connectivity index (χ3v) is 3.59. The monoisotopic (exact) mass is 218 g/mol. The largest absolute Gasteiger partial charge is 0.296 e. The van der Waals surface area contributed by atoms with Crippen molar-refractivity contribution in [1.82, 2.24) is 9.88 Å². The molecule has 0 unspecified atom stereocenters. The lowest BCUT2D eigenvalue weighted by Gasteiger charge is -2.25. The first-order valence-electron chi connectivity index (χ1n) is 6.47. The summed E-state index contributed by atoms with van der Waals surface area (Å²) in [5, 5.41) is 0. The summed E-state index contributed by atoms with van der Waals surface area (Å²) in [6, 6.07) is 2.85. The van der Waals surface area contributed by atoms with Crippen molar-refractivity contribution in [2.75, 3.05) is 13.1 Å². The van der Waals surface area contributed by atoms with Crippen LogP contribution >= 0.6 is 0 Å². The van der Waals surface area contributed by atoms with E-state index in [9.17, 15) is 0 Å². The fourth-order valence-corrected chi connectivity index (χ4v) is 2.67. The van der Waals surface area contributed by atoms with Gasteiger partial charge in [-0.25, -0.2) is 0 Å². The Bertz CT molecular complexity index is 335. The third-order valence-electron chi connectivity index (χ3n) is 3.59. The average molecular weight is 218 g/mol. The average Bonchev–Trinajstić information content (AvgIpc) is 2.75. The molecule has 1 saturated heterocycles. The normalized spacial score (nSPS) is 21.5. The first kappa shape index (κ1) is 11.6. The van der Waals surface area contributed by atoms with Crippen molar-refractivity contribution < 1.29 is 0 Å². The lowest BCUT2D eigenvalue weighted by Crippen LogP contribution is -2.24. The summed E-state index contributed by atoms with van der Waals surface area (Å²) >= 11 is 0. The van der Waals surface area contributed by atoms with Gasteiger partial charge in [0.05, 0.1) is 0 Å². The smallest absolute Gasteiger partial charge is 0.0352 e. The van der Waals surface area contributed by atoms with Crippen molar-refractivity contribution in [1.29, 1.82) is 0 Å². The van der Waals surface area contributed by atoms with E-state index in [-0.39, 0.29) is 0 Å². The van der Waals surface area contributed by atoms with Gasteiger partial charge in [-0.1, -0.05) is 13.3 Å². The summed E-state index contributed by atoms with van der Waals surface area (Å²) in [5.41, 5.74) is 2.83. The van der Waals surface area contributed by atoms with Crippen LogP contribution in [0.25, 0.3) is 0 Å². The minimum absolute atomic E-state index is 0.648. The van der Waals surface area contributed by atoms with E-state index in [0.29, 0.717) is 6.04 Å². The molecule has 1 aromatic heterocycles. The van der Waals surface area contributed by atoms with Crippen LogP contribution in [0.5, 0.6) is 0 Å². The molecule has 1 aliphatic heterocycles. The van der Waals surface area contributed by atoms with E-state index < -0.39 is 0 Å². The van der Waals surface area contributed by atoms with Crippen molar-refractivity contribution in [3.63, 3.8) is 0 Å². The Labute approximate surface area is 98.7 Å². The number of hydrogen-bond donors (Lipinski definition) is 0. The molecule has 2 heterocycles. The van der Waals surface area contributed by atoms with Crippen LogP contribution in [0.1, 0.15) is 49.8 Å². The van der Waals surface area contributed by atoms with Gasteiger partial charge in [-0.05, 0) is 56.5 Å². The van der Waals surface area contributed by atoms with Crippen molar-refractivity contribution in [3.05, 3.63) is 29.6 Å². The van der Waals surface area contributed by atoms with Crippen LogP contribution < -0.4 is 0 Å². The molecule has 0 aromatic carbocycles. The van der Waals surface area contributed by atoms with Crippen LogP contribution in [0.2, 0.25) is 0 Å². The predicted octanol–water partition coefficient (Wildman–Crippen LogP) is 3.33. The van der Waals surface area contributed by atoms with Gasteiger partial charge in [-0.15, -0.1) is 0 Å². The Morgan fingerprint density at radius 3 is 3.12 bits per heavy atom. The Morgan fingerprint density at radius 2 is 2.38 bits per heavy atom. The molecule has 16 heavy (non-hydrogen) atoms. The maximum atomic E-state index is 4.18. The number of likely N-dealkylation sites (tertiary alicyclic amines) is 1. The summed E-state index contributed by atoms with van der Waals surface area (Å²) in [6.07, 6.45) is 9.19. The fourth-order valence-electron chi connectivity index (χ4n) is 2.67. The van der Waals surface area contributed by atoms with Crippen molar-refractivity contribution >= 4 is 0 Å². The molecule has 2 heteroatoms. The topological polar surface area (TPSA) is 16.1 Å². The van der Waals surface area contributed by atoms with E-state index in [1.807, 2.05) is 12.4 Å². The van der Waals surface area contributed by atoms with E-state index in [1.165, 1.54) is 49.9 Å². The fraction of sp³-hybridized carbons (Fsp3) is 0.643. The van der Waals surface area contributed by atoms with Gasteiger partial charge in [-0.2, -0.15) is 0 Å². The molecule has 2 rings (SSSR count). The van der Waals surface area contributed by atoms with Crippen LogP contribution in [0.4, 0.5) is 0 Å². The Balaban J connectivity index is 2.10. The predicted molar refractivity (Wildman–Crippen MR) is 67.4 cm³/mol. The number of aryl methyl sites for hydroxylation is 1. The third kappa shape index (κ3) is 2.43. The number of aromatic nitrogens is 1. The van der Waals surface area contributed by atoms with Crippen molar-refractivity contribution in [2.24, 2.45) is 0 Å². The minimum atomic E-state index is 0.648. The molecule has 88 valence electrons. The van der Waals surface area contributed by atoms with Crippen molar-refractivity contribution in [3.8, 4) is 0 Å². The molecule has 0 radical (unpaired) electrons. The summed E-state index contributed by atoms with van der Waals surface area (Å²) in [4.78, 5) is 6.83. The van der Waals surface area contributed by atoms with Gasteiger partial charge < -0.3 is 0 Å². The highest BCUT2D eigenvalue weighted by Gasteiger charge is 2.26. The summed E-state index contributed by atoms with van der Waals surface area (Å²) in [5.74, 6) is 0. The van der Waals surface area contributed by atoms with Crippen LogP contribution in [0.3, 0.4) is 0 Å². The van der Waals surface area contributed by atoms with E-state index in [0.717, 1.165) is 0 Å². The zero-order valence-corrected chi connectivity index (χ0v) is 10.4. The summed E-state index contributed by atoms with van der Waals surface area (Å²) in [6.45, 7) is 6.97. The molecule has 0 amide bonds. The second-order valence-electron chi connectivity index (χ2n) is 4.78. The lowest BCUT2D eigenvalue weighted by molar-refractivity contribution is 0.252. The van der Waals surface area contributed by atoms with Crippen LogP contribution in [-0.2, 0) is 0 Å². The zero-order chi connectivity index (χ0) is 11.4. The number of hydrogen-bond acceptors (Lipinski definition) is 2. The van der Waals surface area contributed by atoms with Crippen LogP contribution in [0, 0.1) is 6.92 Å². The van der Waals surface area contributed by atoms with Gasteiger partial charge in [0.2, 0.25) is 0 Å². The first-order chi connectivity index (χ1) is 7.83. The lowest BCUT2D eigenvalue weighted by atomic mass is 10.0. The van der Waals surface area contributed by atoms with Crippen LogP contribution in [0.15, 0.2) is 18.5 Å². The maximum Gasteiger partial charge on any atom is 0.0352 e. The van der Waals surface area contributed by atoms with E-state index >= 15 is 0 Å². The molecule has 1 atom stereocenters. The first-order valence-corrected chi connectivity index (χ1v) is 6.47. The number of pyridine rings is 1.